The van der Waals surface area contributed by atoms with Gasteiger partial charge in [-0.3, -0.25) is 15.1 Å². The Balaban J connectivity index is 1.66. The van der Waals surface area contributed by atoms with Crippen LogP contribution in [0.3, 0.4) is 0 Å². The second-order valence-corrected chi connectivity index (χ2v) is 10.2. The van der Waals surface area contributed by atoms with E-state index in [1.165, 1.54) is 24.5 Å². The monoisotopic (exact) mass is 451 g/mol. The van der Waals surface area contributed by atoms with E-state index in [2.05, 4.69) is 53.2 Å². The second kappa shape index (κ2) is 8.78. The van der Waals surface area contributed by atoms with Crippen LogP contribution in [0.1, 0.15) is 53.2 Å². The van der Waals surface area contributed by atoms with Crippen molar-refractivity contribution < 1.29 is 8.78 Å². The molecule has 4 rings (SSSR count). The number of hydrogen-bond donors (Lipinski definition) is 2. The molecule has 1 aliphatic heterocycles. The summed E-state index contributed by atoms with van der Waals surface area (Å²) in [6, 6.07) is 4.21. The summed E-state index contributed by atoms with van der Waals surface area (Å²) in [5, 5.41) is 10.1. The van der Waals surface area contributed by atoms with Crippen LogP contribution >= 0.6 is 0 Å². The van der Waals surface area contributed by atoms with Crippen LogP contribution in [-0.4, -0.2) is 32.5 Å². The first-order valence-corrected chi connectivity index (χ1v) is 11.3. The molecule has 7 heteroatoms. The quantitative estimate of drug-likeness (QED) is 0.451. The maximum atomic E-state index is 15.0. The Hall–Kier alpha value is -2.93. The van der Waals surface area contributed by atoms with Gasteiger partial charge in [-0.2, -0.15) is 5.10 Å². The molecule has 1 aromatic carbocycles. The van der Waals surface area contributed by atoms with Crippen LogP contribution in [-0.2, 0) is 6.42 Å². The Kier molecular flexibility index (Phi) is 6.18. The van der Waals surface area contributed by atoms with E-state index < -0.39 is 11.6 Å². The molecule has 0 unspecified atom stereocenters. The normalized spacial score (nSPS) is 18.2. The lowest BCUT2D eigenvalue weighted by Crippen LogP contribution is -2.58. The predicted molar refractivity (Wildman–Crippen MR) is 129 cm³/mol. The topological polar surface area (TPSA) is 66.0 Å². The highest BCUT2D eigenvalue weighted by Gasteiger charge is 2.37. The largest absolute Gasteiger partial charge is 0.307 e. The Bertz CT molecular complexity index is 1150. The molecule has 1 saturated heterocycles. The van der Waals surface area contributed by atoms with Crippen molar-refractivity contribution >= 4 is 11.9 Å². The molecule has 0 bridgehead atoms. The first-order valence-electron chi connectivity index (χ1n) is 11.3. The van der Waals surface area contributed by atoms with Crippen molar-refractivity contribution in [3.8, 4) is 22.3 Å². The summed E-state index contributed by atoms with van der Waals surface area (Å²) in [5.41, 5.74) is 2.98. The highest BCUT2D eigenvalue weighted by Crippen LogP contribution is 2.37. The molecule has 0 saturated carbocycles. The van der Waals surface area contributed by atoms with E-state index in [0.717, 1.165) is 25.0 Å². The van der Waals surface area contributed by atoms with Gasteiger partial charge >= 0.3 is 0 Å². The number of nitrogens with zero attached hydrogens (tertiary/aromatic N) is 3. The molecular weight excluding hydrogens is 420 g/mol. The molecule has 0 amide bonds. The van der Waals surface area contributed by atoms with Crippen molar-refractivity contribution in [2.24, 2.45) is 10.9 Å². The summed E-state index contributed by atoms with van der Waals surface area (Å²) in [6.45, 7) is 10.8. The number of halogens is 2. The van der Waals surface area contributed by atoms with E-state index in [0.29, 0.717) is 22.7 Å². The molecule has 0 radical (unpaired) electrons. The van der Waals surface area contributed by atoms with Gasteiger partial charge in [0.2, 0.25) is 0 Å². The van der Waals surface area contributed by atoms with Crippen LogP contribution in [0.2, 0.25) is 0 Å². The van der Waals surface area contributed by atoms with Crippen molar-refractivity contribution in [1.29, 1.82) is 0 Å². The minimum Gasteiger partial charge on any atom is -0.307 e. The van der Waals surface area contributed by atoms with Crippen LogP contribution in [0.4, 0.5) is 14.5 Å². The number of aromatic amines is 1. The van der Waals surface area contributed by atoms with Crippen LogP contribution < -0.4 is 5.32 Å². The molecule has 3 heterocycles. The van der Waals surface area contributed by atoms with Crippen LogP contribution in [0, 0.1) is 17.6 Å². The van der Waals surface area contributed by atoms with Crippen LogP contribution in [0.15, 0.2) is 41.8 Å². The Labute approximate surface area is 193 Å². The van der Waals surface area contributed by atoms with Gasteiger partial charge in [-0.15, -0.1) is 0 Å². The fraction of sp³-hybridized carbons (Fsp3) is 0.423. The summed E-state index contributed by atoms with van der Waals surface area (Å²) >= 11 is 0. The van der Waals surface area contributed by atoms with Gasteiger partial charge in [0.05, 0.1) is 17.6 Å². The number of pyridine rings is 1. The number of benzene rings is 1. The van der Waals surface area contributed by atoms with E-state index in [1.54, 1.807) is 18.5 Å². The predicted octanol–water partition coefficient (Wildman–Crippen LogP) is 6.24. The molecule has 0 aliphatic carbocycles. The summed E-state index contributed by atoms with van der Waals surface area (Å²) in [4.78, 5) is 9.18. The van der Waals surface area contributed by atoms with Crippen molar-refractivity contribution in [2.45, 2.75) is 65.0 Å². The van der Waals surface area contributed by atoms with Gasteiger partial charge in [-0.25, -0.2) is 8.78 Å². The van der Waals surface area contributed by atoms with E-state index in [-0.39, 0.29) is 22.2 Å². The summed E-state index contributed by atoms with van der Waals surface area (Å²) < 4.78 is 29.8. The molecule has 0 atom stereocenters. The number of nitrogens with one attached hydrogen (secondary N) is 2. The minimum absolute atomic E-state index is 0.0396. The minimum atomic E-state index is -0.518. The number of piperidine rings is 1. The number of aromatic nitrogens is 3. The van der Waals surface area contributed by atoms with Crippen molar-refractivity contribution in [2.75, 3.05) is 0 Å². The number of hydrogen-bond acceptors (Lipinski definition) is 4. The lowest BCUT2D eigenvalue weighted by molar-refractivity contribution is 0.128. The molecule has 3 aromatic rings. The third kappa shape index (κ3) is 5.19. The first-order chi connectivity index (χ1) is 15.6. The lowest BCUT2D eigenvalue weighted by atomic mass is 9.74. The van der Waals surface area contributed by atoms with Gasteiger partial charge in [-0.05, 0) is 78.0 Å². The van der Waals surface area contributed by atoms with Crippen LogP contribution in [0.25, 0.3) is 22.3 Å². The van der Waals surface area contributed by atoms with Gasteiger partial charge < -0.3 is 5.32 Å². The van der Waals surface area contributed by atoms with E-state index >= 15 is 0 Å². The molecule has 174 valence electrons. The van der Waals surface area contributed by atoms with Crippen LogP contribution in [0.5, 0.6) is 0 Å². The molecule has 5 nitrogen and oxygen atoms in total. The number of aliphatic imine (C=N–C) groups is 1. The van der Waals surface area contributed by atoms with E-state index in [4.69, 9.17) is 0 Å². The Morgan fingerprint density at radius 2 is 1.64 bits per heavy atom. The zero-order valence-corrected chi connectivity index (χ0v) is 19.8. The van der Waals surface area contributed by atoms with Gasteiger partial charge in [0.15, 0.2) is 0 Å². The zero-order valence-electron chi connectivity index (χ0n) is 19.8. The van der Waals surface area contributed by atoms with Crippen molar-refractivity contribution in [1.82, 2.24) is 20.5 Å². The van der Waals surface area contributed by atoms with Gasteiger partial charge in [0.25, 0.3) is 0 Å². The van der Waals surface area contributed by atoms with E-state index in [9.17, 15) is 8.78 Å². The van der Waals surface area contributed by atoms with Gasteiger partial charge in [0.1, 0.15) is 11.6 Å². The van der Waals surface area contributed by atoms with Crippen molar-refractivity contribution in [3.05, 3.63) is 54.1 Å². The SMILES string of the molecule is CC=Nc1cc(-c2cc(F)c(-c3cn[nH]c3)cc2F)cnc1CC1CC(C)(C)NC(C)(C)C1. The highest BCUT2D eigenvalue weighted by atomic mass is 19.1. The second-order valence-electron chi connectivity index (χ2n) is 10.2. The molecule has 1 aliphatic rings. The van der Waals surface area contributed by atoms with E-state index in [1.807, 2.05) is 6.92 Å². The average molecular weight is 452 g/mol. The number of rotatable bonds is 5. The fourth-order valence-corrected chi connectivity index (χ4v) is 5.38. The van der Waals surface area contributed by atoms with Gasteiger partial charge in [-0.1, -0.05) is 0 Å². The zero-order chi connectivity index (χ0) is 23.8. The first kappa shape index (κ1) is 23.2. The third-order valence-corrected chi connectivity index (χ3v) is 6.15. The molecular formula is C26H31F2N5. The molecule has 0 spiro atoms. The molecule has 2 N–H and O–H groups in total. The maximum absolute atomic E-state index is 15.0. The smallest absolute Gasteiger partial charge is 0.131 e. The Morgan fingerprint density at radius 1 is 1.00 bits per heavy atom. The number of H-pyrrole nitrogens is 1. The lowest BCUT2D eigenvalue weighted by Gasteiger charge is -2.46. The maximum Gasteiger partial charge on any atom is 0.131 e. The molecule has 1 fully saturated rings. The summed E-state index contributed by atoms with van der Waals surface area (Å²) in [5.74, 6) is -0.587. The average Bonchev–Trinajstić information content (AvgIpc) is 3.23. The third-order valence-electron chi connectivity index (χ3n) is 6.15. The standard InChI is InChI=1S/C26H31F2N5/c1-6-29-24-8-17(19-9-22(28)20(10-21(19)27)18-14-31-32-15-18)13-30-23(24)7-16-11-25(2,3)33-26(4,5)12-16/h6,8-10,13-16,33H,7,11-12H2,1-5H3,(H,31,32). The highest BCUT2D eigenvalue weighted by molar-refractivity contribution is 5.73. The summed E-state index contributed by atoms with van der Waals surface area (Å²) in [7, 11) is 0. The fourth-order valence-electron chi connectivity index (χ4n) is 5.38. The van der Waals surface area contributed by atoms with Crippen molar-refractivity contribution in [3.63, 3.8) is 0 Å². The molecule has 33 heavy (non-hydrogen) atoms. The summed E-state index contributed by atoms with van der Waals surface area (Å²) in [6.07, 6.45) is 9.18. The molecule has 2 aromatic heterocycles. The van der Waals surface area contributed by atoms with Gasteiger partial charge in [0, 0.05) is 51.9 Å². The Morgan fingerprint density at radius 3 is 2.21 bits per heavy atom.